The van der Waals surface area contributed by atoms with E-state index in [1.165, 1.54) is 12.3 Å². The molecule has 5 nitrogen and oxygen atoms in total. The molecule has 88 valence electrons. The van der Waals surface area contributed by atoms with Gasteiger partial charge in [0.25, 0.3) is 5.91 Å². The second kappa shape index (κ2) is 5.69. The number of furan rings is 1. The SMILES string of the molecule is CC(C)OC(=O)CNC(=O)c1ccoc1Br. The highest BCUT2D eigenvalue weighted by Gasteiger charge is 2.14. The summed E-state index contributed by atoms with van der Waals surface area (Å²) in [7, 11) is 0. The molecule has 0 fully saturated rings. The minimum absolute atomic E-state index is 0.158. The molecule has 0 aliphatic heterocycles. The van der Waals surface area contributed by atoms with Gasteiger partial charge in [0.05, 0.1) is 17.9 Å². The number of rotatable bonds is 4. The van der Waals surface area contributed by atoms with Crippen molar-refractivity contribution in [3.8, 4) is 0 Å². The minimum atomic E-state index is -0.469. The molecule has 0 aliphatic carbocycles. The van der Waals surface area contributed by atoms with E-state index in [1.54, 1.807) is 13.8 Å². The molecule has 0 aliphatic rings. The van der Waals surface area contributed by atoms with Gasteiger partial charge in [0.2, 0.25) is 0 Å². The third-order valence-electron chi connectivity index (χ3n) is 1.62. The second-order valence-electron chi connectivity index (χ2n) is 3.33. The Bertz CT molecular complexity index is 386. The Morgan fingerprint density at radius 2 is 2.25 bits per heavy atom. The van der Waals surface area contributed by atoms with Crippen LogP contribution in [0.1, 0.15) is 24.2 Å². The molecule has 0 unspecified atom stereocenters. The van der Waals surface area contributed by atoms with E-state index in [0.29, 0.717) is 10.2 Å². The topological polar surface area (TPSA) is 68.5 Å². The van der Waals surface area contributed by atoms with Gasteiger partial charge in [-0.15, -0.1) is 0 Å². The van der Waals surface area contributed by atoms with Crippen molar-refractivity contribution in [2.75, 3.05) is 6.54 Å². The van der Waals surface area contributed by atoms with Gasteiger partial charge in [0.1, 0.15) is 6.54 Å². The minimum Gasteiger partial charge on any atom is -0.462 e. The van der Waals surface area contributed by atoms with Crippen LogP contribution in [-0.2, 0) is 9.53 Å². The maximum absolute atomic E-state index is 11.5. The number of amides is 1. The van der Waals surface area contributed by atoms with E-state index in [4.69, 9.17) is 9.15 Å². The third-order valence-corrected chi connectivity index (χ3v) is 2.24. The lowest BCUT2D eigenvalue weighted by atomic mass is 10.3. The van der Waals surface area contributed by atoms with E-state index in [0.717, 1.165) is 0 Å². The molecular formula is C10H12BrNO4. The highest BCUT2D eigenvalue weighted by molar-refractivity contribution is 9.10. The van der Waals surface area contributed by atoms with Crippen LogP contribution in [0, 0.1) is 0 Å². The van der Waals surface area contributed by atoms with Gasteiger partial charge in [-0.05, 0) is 35.8 Å². The van der Waals surface area contributed by atoms with Crippen molar-refractivity contribution in [2.45, 2.75) is 20.0 Å². The number of hydrogen-bond donors (Lipinski definition) is 1. The van der Waals surface area contributed by atoms with Gasteiger partial charge < -0.3 is 14.5 Å². The van der Waals surface area contributed by atoms with Crippen LogP contribution in [0.3, 0.4) is 0 Å². The molecule has 1 aromatic heterocycles. The van der Waals surface area contributed by atoms with Crippen molar-refractivity contribution in [2.24, 2.45) is 0 Å². The maximum Gasteiger partial charge on any atom is 0.325 e. The smallest absolute Gasteiger partial charge is 0.325 e. The molecule has 16 heavy (non-hydrogen) atoms. The molecule has 0 aromatic carbocycles. The van der Waals surface area contributed by atoms with Crippen LogP contribution in [-0.4, -0.2) is 24.5 Å². The van der Waals surface area contributed by atoms with Crippen LogP contribution in [0.2, 0.25) is 0 Å². The number of nitrogens with one attached hydrogen (secondary N) is 1. The van der Waals surface area contributed by atoms with Gasteiger partial charge >= 0.3 is 5.97 Å². The standard InChI is InChI=1S/C10H12BrNO4/c1-6(2)16-8(13)5-12-10(14)7-3-4-15-9(7)11/h3-4,6H,5H2,1-2H3,(H,12,14). The van der Waals surface area contributed by atoms with E-state index in [2.05, 4.69) is 21.2 Å². The molecular weight excluding hydrogens is 278 g/mol. The molecule has 0 spiro atoms. The Morgan fingerprint density at radius 3 is 2.75 bits per heavy atom. The van der Waals surface area contributed by atoms with Gasteiger partial charge in [-0.1, -0.05) is 0 Å². The summed E-state index contributed by atoms with van der Waals surface area (Å²) >= 11 is 3.07. The summed E-state index contributed by atoms with van der Waals surface area (Å²) in [6.45, 7) is 3.33. The first kappa shape index (κ1) is 12.8. The summed E-state index contributed by atoms with van der Waals surface area (Å²) in [5.41, 5.74) is 0.345. The Balaban J connectivity index is 2.42. The number of halogens is 1. The molecule has 1 N–H and O–H groups in total. The van der Waals surface area contributed by atoms with Gasteiger partial charge in [-0.2, -0.15) is 0 Å². The van der Waals surface area contributed by atoms with Crippen LogP contribution < -0.4 is 5.32 Å². The molecule has 1 aromatic rings. The van der Waals surface area contributed by atoms with Crippen molar-refractivity contribution >= 4 is 27.8 Å². The zero-order valence-corrected chi connectivity index (χ0v) is 10.5. The quantitative estimate of drug-likeness (QED) is 0.857. The average molecular weight is 290 g/mol. The van der Waals surface area contributed by atoms with Crippen molar-refractivity contribution in [3.63, 3.8) is 0 Å². The van der Waals surface area contributed by atoms with Crippen LogP contribution in [0.4, 0.5) is 0 Å². The predicted molar refractivity (Wildman–Crippen MR) is 60.0 cm³/mol. The highest BCUT2D eigenvalue weighted by atomic mass is 79.9. The van der Waals surface area contributed by atoms with E-state index in [9.17, 15) is 9.59 Å². The molecule has 1 heterocycles. The van der Waals surface area contributed by atoms with Gasteiger partial charge in [0, 0.05) is 0 Å². The monoisotopic (exact) mass is 289 g/mol. The van der Waals surface area contributed by atoms with Crippen LogP contribution in [0.5, 0.6) is 0 Å². The zero-order valence-electron chi connectivity index (χ0n) is 8.95. The number of carbonyl (C=O) groups excluding carboxylic acids is 2. The van der Waals surface area contributed by atoms with Gasteiger partial charge in [-0.25, -0.2) is 0 Å². The molecule has 0 bridgehead atoms. The number of esters is 1. The molecule has 6 heteroatoms. The fourth-order valence-corrected chi connectivity index (χ4v) is 1.43. The molecule has 0 saturated carbocycles. The van der Waals surface area contributed by atoms with Crippen LogP contribution in [0.25, 0.3) is 0 Å². The first-order valence-electron chi connectivity index (χ1n) is 4.71. The van der Waals surface area contributed by atoms with Crippen LogP contribution >= 0.6 is 15.9 Å². The Kier molecular flexibility index (Phi) is 4.54. The highest BCUT2D eigenvalue weighted by Crippen LogP contribution is 2.16. The Labute approximate surface area is 101 Å². The summed E-state index contributed by atoms with van der Waals surface area (Å²) in [6, 6.07) is 1.51. The maximum atomic E-state index is 11.5. The molecule has 0 atom stereocenters. The van der Waals surface area contributed by atoms with Crippen molar-refractivity contribution in [1.82, 2.24) is 5.32 Å². The lowest BCUT2D eigenvalue weighted by Crippen LogP contribution is -2.31. The van der Waals surface area contributed by atoms with Gasteiger partial charge in [-0.3, -0.25) is 9.59 Å². The van der Waals surface area contributed by atoms with E-state index >= 15 is 0 Å². The fourth-order valence-electron chi connectivity index (χ4n) is 1.01. The second-order valence-corrected chi connectivity index (χ2v) is 4.05. The molecule has 1 amide bonds. The van der Waals surface area contributed by atoms with Crippen molar-refractivity contribution < 1.29 is 18.7 Å². The zero-order chi connectivity index (χ0) is 12.1. The summed E-state index contributed by atoms with van der Waals surface area (Å²) in [5.74, 6) is -0.857. The first-order valence-corrected chi connectivity index (χ1v) is 5.50. The molecule has 0 saturated heterocycles. The lowest BCUT2D eigenvalue weighted by Gasteiger charge is -2.08. The van der Waals surface area contributed by atoms with E-state index < -0.39 is 5.97 Å². The summed E-state index contributed by atoms with van der Waals surface area (Å²) < 4.78 is 10.1. The lowest BCUT2D eigenvalue weighted by molar-refractivity contribution is -0.146. The summed E-state index contributed by atoms with van der Waals surface area (Å²) in [4.78, 5) is 22.6. The average Bonchev–Trinajstić information content (AvgIpc) is 2.60. The first-order chi connectivity index (χ1) is 7.50. The van der Waals surface area contributed by atoms with E-state index in [1.807, 2.05) is 0 Å². The van der Waals surface area contributed by atoms with Crippen molar-refractivity contribution in [1.29, 1.82) is 0 Å². The normalized spacial score (nSPS) is 10.2. The molecule has 0 radical (unpaired) electrons. The summed E-state index contributed by atoms with van der Waals surface area (Å²) in [6.07, 6.45) is 1.19. The fraction of sp³-hybridized carbons (Fsp3) is 0.400. The van der Waals surface area contributed by atoms with Crippen molar-refractivity contribution in [3.05, 3.63) is 22.6 Å². The van der Waals surface area contributed by atoms with Crippen LogP contribution in [0.15, 0.2) is 21.4 Å². The Morgan fingerprint density at radius 1 is 1.56 bits per heavy atom. The number of ether oxygens (including phenoxy) is 1. The third kappa shape index (κ3) is 3.69. The summed E-state index contributed by atoms with van der Waals surface area (Å²) in [5, 5.41) is 2.43. The molecule has 1 rings (SSSR count). The predicted octanol–water partition coefficient (Wildman–Crippen LogP) is 1.72. The Hall–Kier alpha value is -1.30. The number of carbonyl (C=O) groups is 2. The van der Waals surface area contributed by atoms with E-state index in [-0.39, 0.29) is 18.6 Å². The number of hydrogen-bond acceptors (Lipinski definition) is 4. The van der Waals surface area contributed by atoms with Gasteiger partial charge in [0.15, 0.2) is 4.67 Å². The largest absolute Gasteiger partial charge is 0.462 e.